The SMILES string of the molecule is NC(CC(=O)N(CC(=O)O)c1ccccc1)C1CC1. The van der Waals surface area contributed by atoms with E-state index >= 15 is 0 Å². The Hall–Kier alpha value is -1.88. The first-order valence-electron chi connectivity index (χ1n) is 6.40. The average molecular weight is 262 g/mol. The number of carbonyl (C=O) groups is 2. The molecule has 1 atom stereocenters. The van der Waals surface area contributed by atoms with E-state index in [1.165, 1.54) is 4.90 Å². The number of amides is 1. The molecular weight excluding hydrogens is 244 g/mol. The molecule has 0 heterocycles. The van der Waals surface area contributed by atoms with E-state index in [-0.39, 0.29) is 24.9 Å². The monoisotopic (exact) mass is 262 g/mol. The molecular formula is C14H18N2O3. The Balaban J connectivity index is 2.08. The zero-order valence-electron chi connectivity index (χ0n) is 10.7. The first-order valence-corrected chi connectivity index (χ1v) is 6.40. The van der Waals surface area contributed by atoms with E-state index in [1.807, 2.05) is 6.07 Å². The lowest BCUT2D eigenvalue weighted by Gasteiger charge is -2.22. The molecule has 0 spiro atoms. The summed E-state index contributed by atoms with van der Waals surface area (Å²) >= 11 is 0. The fourth-order valence-electron chi connectivity index (χ4n) is 2.07. The van der Waals surface area contributed by atoms with Crippen molar-refractivity contribution in [2.75, 3.05) is 11.4 Å². The highest BCUT2D eigenvalue weighted by atomic mass is 16.4. The van der Waals surface area contributed by atoms with Crippen LogP contribution in [0, 0.1) is 5.92 Å². The number of aliphatic carboxylic acids is 1. The molecule has 3 N–H and O–H groups in total. The van der Waals surface area contributed by atoms with Gasteiger partial charge in [-0.15, -0.1) is 0 Å². The number of para-hydroxylation sites is 1. The number of benzene rings is 1. The molecule has 0 aromatic heterocycles. The van der Waals surface area contributed by atoms with Crippen LogP contribution < -0.4 is 10.6 Å². The summed E-state index contributed by atoms with van der Waals surface area (Å²) in [5.41, 5.74) is 6.53. The van der Waals surface area contributed by atoms with E-state index in [0.717, 1.165) is 12.8 Å². The fraction of sp³-hybridized carbons (Fsp3) is 0.429. The molecule has 1 aliphatic rings. The van der Waals surface area contributed by atoms with Crippen molar-refractivity contribution in [2.24, 2.45) is 11.7 Å². The summed E-state index contributed by atoms with van der Waals surface area (Å²) in [5, 5.41) is 8.92. The van der Waals surface area contributed by atoms with Crippen LogP contribution in [0.15, 0.2) is 30.3 Å². The van der Waals surface area contributed by atoms with Crippen molar-refractivity contribution in [1.82, 2.24) is 0 Å². The van der Waals surface area contributed by atoms with Crippen LogP contribution in [-0.2, 0) is 9.59 Å². The largest absolute Gasteiger partial charge is 0.480 e. The molecule has 0 aliphatic heterocycles. The van der Waals surface area contributed by atoms with Crippen molar-refractivity contribution in [3.05, 3.63) is 30.3 Å². The molecule has 1 saturated carbocycles. The lowest BCUT2D eigenvalue weighted by Crippen LogP contribution is -2.39. The molecule has 5 heteroatoms. The number of anilines is 1. The van der Waals surface area contributed by atoms with E-state index in [2.05, 4.69) is 0 Å². The number of hydrogen-bond donors (Lipinski definition) is 2. The average Bonchev–Trinajstić information content (AvgIpc) is 3.20. The second-order valence-corrected chi connectivity index (χ2v) is 4.91. The Kier molecular flexibility index (Phi) is 4.16. The normalized spacial score (nSPS) is 15.8. The van der Waals surface area contributed by atoms with Gasteiger partial charge in [-0.3, -0.25) is 9.59 Å². The van der Waals surface area contributed by atoms with Crippen molar-refractivity contribution in [2.45, 2.75) is 25.3 Å². The maximum atomic E-state index is 12.2. The molecule has 1 aromatic carbocycles. The van der Waals surface area contributed by atoms with Gasteiger partial charge in [0, 0.05) is 18.2 Å². The molecule has 0 bridgehead atoms. The summed E-state index contributed by atoms with van der Waals surface area (Å²) in [5.74, 6) is -0.836. The Labute approximate surface area is 112 Å². The van der Waals surface area contributed by atoms with Gasteiger partial charge >= 0.3 is 5.97 Å². The van der Waals surface area contributed by atoms with E-state index in [0.29, 0.717) is 11.6 Å². The summed E-state index contributed by atoms with van der Waals surface area (Å²) in [6.07, 6.45) is 2.34. The van der Waals surface area contributed by atoms with Crippen LogP contribution >= 0.6 is 0 Å². The maximum Gasteiger partial charge on any atom is 0.323 e. The Bertz CT molecular complexity index is 457. The van der Waals surface area contributed by atoms with Crippen molar-refractivity contribution < 1.29 is 14.7 Å². The van der Waals surface area contributed by atoms with E-state index in [4.69, 9.17) is 10.8 Å². The molecule has 1 aliphatic carbocycles. The summed E-state index contributed by atoms with van der Waals surface area (Å²) in [7, 11) is 0. The first-order chi connectivity index (χ1) is 9.08. The van der Waals surface area contributed by atoms with Crippen LogP contribution in [0.5, 0.6) is 0 Å². The minimum absolute atomic E-state index is 0.160. The van der Waals surface area contributed by atoms with Gasteiger partial charge in [-0.2, -0.15) is 0 Å². The van der Waals surface area contributed by atoms with Crippen LogP contribution in [0.25, 0.3) is 0 Å². The van der Waals surface area contributed by atoms with E-state index in [1.54, 1.807) is 24.3 Å². The molecule has 0 radical (unpaired) electrons. The van der Waals surface area contributed by atoms with Gasteiger partial charge in [0.15, 0.2) is 0 Å². The number of carbonyl (C=O) groups excluding carboxylic acids is 1. The smallest absolute Gasteiger partial charge is 0.323 e. The second kappa shape index (κ2) is 5.84. The van der Waals surface area contributed by atoms with Crippen molar-refractivity contribution >= 4 is 17.6 Å². The minimum atomic E-state index is -1.03. The van der Waals surface area contributed by atoms with Gasteiger partial charge < -0.3 is 15.7 Å². The lowest BCUT2D eigenvalue weighted by molar-refractivity contribution is -0.136. The number of hydrogen-bond acceptors (Lipinski definition) is 3. The topological polar surface area (TPSA) is 83.6 Å². The number of nitrogens with zero attached hydrogens (tertiary/aromatic N) is 1. The van der Waals surface area contributed by atoms with E-state index in [9.17, 15) is 9.59 Å². The molecule has 102 valence electrons. The summed E-state index contributed by atoms with van der Waals surface area (Å²) in [6.45, 7) is -0.333. The third kappa shape index (κ3) is 3.79. The van der Waals surface area contributed by atoms with Gasteiger partial charge in [0.05, 0.1) is 0 Å². The standard InChI is InChI=1S/C14H18N2O3/c15-12(10-6-7-10)8-13(17)16(9-14(18)19)11-4-2-1-3-5-11/h1-5,10,12H,6-9,15H2,(H,18,19). The summed E-state index contributed by atoms with van der Waals surface area (Å²) < 4.78 is 0. The zero-order chi connectivity index (χ0) is 13.8. The maximum absolute atomic E-state index is 12.2. The third-order valence-electron chi connectivity index (χ3n) is 3.30. The van der Waals surface area contributed by atoms with Crippen LogP contribution in [0.1, 0.15) is 19.3 Å². The highest BCUT2D eigenvalue weighted by molar-refractivity contribution is 5.97. The number of carboxylic acid groups (broad SMARTS) is 1. The van der Waals surface area contributed by atoms with Gasteiger partial charge in [0.2, 0.25) is 5.91 Å². The molecule has 1 unspecified atom stereocenters. The Morgan fingerprint density at radius 2 is 1.95 bits per heavy atom. The highest BCUT2D eigenvalue weighted by Crippen LogP contribution is 2.33. The van der Waals surface area contributed by atoms with Gasteiger partial charge in [-0.1, -0.05) is 18.2 Å². The molecule has 1 aromatic rings. The van der Waals surface area contributed by atoms with Crippen molar-refractivity contribution in [3.8, 4) is 0 Å². The zero-order valence-corrected chi connectivity index (χ0v) is 10.7. The van der Waals surface area contributed by atoms with Crippen LogP contribution in [-0.4, -0.2) is 29.6 Å². The second-order valence-electron chi connectivity index (χ2n) is 4.91. The van der Waals surface area contributed by atoms with E-state index < -0.39 is 5.97 Å². The molecule has 19 heavy (non-hydrogen) atoms. The molecule has 1 amide bonds. The van der Waals surface area contributed by atoms with Crippen molar-refractivity contribution in [1.29, 1.82) is 0 Å². The first kappa shape index (κ1) is 13.5. The van der Waals surface area contributed by atoms with Gasteiger partial charge in [-0.05, 0) is 30.9 Å². The number of nitrogens with two attached hydrogens (primary N) is 1. The van der Waals surface area contributed by atoms with Crippen LogP contribution in [0.4, 0.5) is 5.69 Å². The molecule has 1 fully saturated rings. The van der Waals surface area contributed by atoms with Gasteiger partial charge in [0.1, 0.15) is 6.54 Å². The quantitative estimate of drug-likeness (QED) is 0.807. The predicted molar refractivity (Wildman–Crippen MR) is 71.7 cm³/mol. The third-order valence-corrected chi connectivity index (χ3v) is 3.30. The minimum Gasteiger partial charge on any atom is -0.480 e. The summed E-state index contributed by atoms with van der Waals surface area (Å²) in [4.78, 5) is 24.4. The number of carboxylic acids is 1. The van der Waals surface area contributed by atoms with Gasteiger partial charge in [0.25, 0.3) is 0 Å². The lowest BCUT2D eigenvalue weighted by atomic mass is 10.1. The fourth-order valence-corrected chi connectivity index (χ4v) is 2.07. The number of rotatable bonds is 6. The van der Waals surface area contributed by atoms with Crippen LogP contribution in [0.3, 0.4) is 0 Å². The highest BCUT2D eigenvalue weighted by Gasteiger charge is 2.31. The Morgan fingerprint density at radius 3 is 2.47 bits per heavy atom. The van der Waals surface area contributed by atoms with Gasteiger partial charge in [-0.25, -0.2) is 0 Å². The van der Waals surface area contributed by atoms with Crippen molar-refractivity contribution in [3.63, 3.8) is 0 Å². The molecule has 2 rings (SSSR count). The predicted octanol–water partition coefficient (Wildman–Crippen LogP) is 1.23. The van der Waals surface area contributed by atoms with Crippen LogP contribution in [0.2, 0.25) is 0 Å². The molecule has 0 saturated heterocycles. The summed E-state index contributed by atoms with van der Waals surface area (Å²) in [6, 6.07) is 8.67. The Morgan fingerprint density at radius 1 is 1.32 bits per heavy atom. The molecule has 5 nitrogen and oxygen atoms in total.